The Balaban J connectivity index is 1.54. The maximum absolute atomic E-state index is 3.94. The molecule has 0 aliphatic heterocycles. The van der Waals surface area contributed by atoms with Crippen molar-refractivity contribution in [1.82, 2.24) is 0 Å². The average Bonchev–Trinajstić information content (AvgIpc) is 3.73. The number of hydrogen-bond donors (Lipinski definition) is 0. The van der Waals surface area contributed by atoms with Gasteiger partial charge in [-0.15, -0.1) is 0 Å². The molecule has 0 heterocycles. The van der Waals surface area contributed by atoms with Crippen LogP contribution in [0.2, 0.25) is 22.0 Å². The molecule has 54 heavy (non-hydrogen) atoms. The minimum atomic E-state index is -3.94. The van der Waals surface area contributed by atoms with Gasteiger partial charge in [-0.1, -0.05) is 0 Å². The Labute approximate surface area is 331 Å². The van der Waals surface area contributed by atoms with Crippen LogP contribution in [0.3, 0.4) is 0 Å². The van der Waals surface area contributed by atoms with Gasteiger partial charge in [0.2, 0.25) is 0 Å². The van der Waals surface area contributed by atoms with E-state index in [1.807, 2.05) is 0 Å². The van der Waals surface area contributed by atoms with E-state index >= 15 is 0 Å². The molecular weight excluding hydrogens is 831 g/mol. The second-order valence-corrected chi connectivity index (χ2v) is 69.4. The first-order valence-electron chi connectivity index (χ1n) is 20.8. The first kappa shape index (κ1) is 41.1. The molecule has 0 spiro atoms. The van der Waals surface area contributed by atoms with E-state index in [2.05, 4.69) is 203 Å². The Morgan fingerprint density at radius 2 is 0.852 bits per heavy atom. The molecule has 2 heteroatoms. The Kier molecular flexibility index (Phi) is 10.5. The summed E-state index contributed by atoms with van der Waals surface area (Å²) < 4.78 is 6.84. The standard InChI is InChI=1S/2C23H27.C4H10Si.2CH3.Hf/c2*1-22(2,3)18-13-17(14-19(15-18)23(4,5)6)21-12-8-10-16-9-7-11-20(16)21;1-3-4-5-2;;;/h2*7-15H,1-6H3;3-4H2,1-2H3;2*1H3;. The van der Waals surface area contributed by atoms with Crippen molar-refractivity contribution in [3.05, 3.63) is 129 Å². The number of fused-ring (bicyclic) bond motifs is 2. The summed E-state index contributed by atoms with van der Waals surface area (Å²) in [6.45, 7) is 33.4. The second-order valence-electron chi connectivity index (χ2n) is 22.0. The molecule has 6 rings (SSSR count). The van der Waals surface area contributed by atoms with Gasteiger partial charge in [0.05, 0.1) is 0 Å². The first-order valence-corrected chi connectivity index (χ1v) is 39.8. The van der Waals surface area contributed by atoms with E-state index < -0.39 is 22.6 Å². The predicted octanol–water partition coefficient (Wildman–Crippen LogP) is 15.9. The molecule has 0 amide bonds. The number of rotatable bonds is 6. The van der Waals surface area contributed by atoms with Gasteiger partial charge in [-0.25, -0.2) is 0 Å². The van der Waals surface area contributed by atoms with Gasteiger partial charge in [-0.3, -0.25) is 0 Å². The van der Waals surface area contributed by atoms with Gasteiger partial charge >= 0.3 is 334 Å². The molecule has 0 N–H and O–H groups in total. The molecule has 2 unspecified atom stereocenters. The van der Waals surface area contributed by atoms with Crippen molar-refractivity contribution in [1.29, 1.82) is 0 Å². The fourth-order valence-electron chi connectivity index (χ4n) is 9.52. The summed E-state index contributed by atoms with van der Waals surface area (Å²) in [5.74, 6) is 0. The van der Waals surface area contributed by atoms with Crippen molar-refractivity contribution >= 4 is 17.6 Å². The van der Waals surface area contributed by atoms with Crippen LogP contribution in [-0.4, -0.2) is 5.49 Å². The molecule has 0 radical (unpaired) electrons. The van der Waals surface area contributed by atoms with Crippen molar-refractivity contribution in [2.24, 2.45) is 0 Å². The summed E-state index contributed by atoms with van der Waals surface area (Å²) in [5, 5.41) is 0. The molecule has 0 bridgehead atoms. The molecule has 286 valence electrons. The third-order valence-corrected chi connectivity index (χ3v) is 71.8. The van der Waals surface area contributed by atoms with Crippen LogP contribution in [0.15, 0.2) is 84.9 Å². The van der Waals surface area contributed by atoms with Crippen LogP contribution < -0.4 is 0 Å². The fraction of sp³-hybridized carbons (Fsp3) is 0.462. The Hall–Kier alpha value is -2.55. The van der Waals surface area contributed by atoms with Gasteiger partial charge in [0, 0.05) is 0 Å². The summed E-state index contributed by atoms with van der Waals surface area (Å²) in [5.41, 5.74) is 17.0. The zero-order valence-electron chi connectivity index (χ0n) is 36.8. The van der Waals surface area contributed by atoms with Crippen LogP contribution >= 0.6 is 0 Å². The first-order chi connectivity index (χ1) is 24.8. The topological polar surface area (TPSA) is 0 Å². The molecule has 2 atom stereocenters. The molecule has 0 saturated carbocycles. The zero-order valence-corrected chi connectivity index (χ0v) is 41.4. The van der Waals surface area contributed by atoms with Crippen molar-refractivity contribution in [2.75, 3.05) is 0 Å². The van der Waals surface area contributed by atoms with E-state index in [0.29, 0.717) is 7.35 Å². The summed E-state index contributed by atoms with van der Waals surface area (Å²) in [6.07, 6.45) is 11.8. The van der Waals surface area contributed by atoms with Crippen LogP contribution in [0.1, 0.15) is 148 Å². The average molecular weight is 902 g/mol. The summed E-state index contributed by atoms with van der Waals surface area (Å²) in [7, 11) is 0. The van der Waals surface area contributed by atoms with Crippen molar-refractivity contribution in [3.8, 4) is 22.3 Å². The van der Waals surface area contributed by atoms with Gasteiger partial charge in [-0.2, -0.15) is 0 Å². The number of benzene rings is 4. The van der Waals surface area contributed by atoms with E-state index in [4.69, 9.17) is 0 Å². The van der Waals surface area contributed by atoms with Crippen LogP contribution in [0.5, 0.6) is 0 Å². The molecule has 4 aromatic rings. The SMILES string of the molecule is CCC[Si](C)=[Hf]([CH3])([CH3])([CH]1C=Cc2c(-c3cc(C(C)(C)C)cc(C(C)(C)C)c3)cccc21)[CH]1C=Cc2c(-c3cc(C(C)(C)C)cc(C(C)(C)C)c3)cccc21. The van der Waals surface area contributed by atoms with Crippen LogP contribution in [0.4, 0.5) is 0 Å². The second kappa shape index (κ2) is 13.8. The third kappa shape index (κ3) is 7.26. The fourth-order valence-corrected chi connectivity index (χ4v) is 53.9. The van der Waals surface area contributed by atoms with Crippen molar-refractivity contribution in [2.45, 2.75) is 147 Å². The molecular formula is C52H70HfSi. The molecule has 0 nitrogen and oxygen atoms in total. The molecule has 2 aliphatic rings. The van der Waals surface area contributed by atoms with E-state index in [0.717, 1.165) is 0 Å². The van der Waals surface area contributed by atoms with E-state index in [9.17, 15) is 0 Å². The van der Waals surface area contributed by atoms with Gasteiger partial charge in [0.25, 0.3) is 0 Å². The molecule has 0 aromatic heterocycles. The minimum absolute atomic E-state index is 0.0818. The van der Waals surface area contributed by atoms with E-state index in [1.165, 1.54) is 68.1 Å². The van der Waals surface area contributed by atoms with Crippen LogP contribution in [0.25, 0.3) is 34.4 Å². The Morgan fingerprint density at radius 1 is 0.519 bits per heavy atom. The Morgan fingerprint density at radius 3 is 1.15 bits per heavy atom. The van der Waals surface area contributed by atoms with Gasteiger partial charge in [0.15, 0.2) is 0 Å². The number of allylic oxidation sites excluding steroid dienone is 2. The monoisotopic (exact) mass is 902 g/mol. The van der Waals surface area contributed by atoms with Crippen molar-refractivity contribution < 1.29 is 17.1 Å². The van der Waals surface area contributed by atoms with Gasteiger partial charge in [-0.05, 0) is 0 Å². The number of hydrogen-bond acceptors (Lipinski definition) is 0. The molecule has 0 fully saturated rings. The summed E-state index contributed by atoms with van der Waals surface area (Å²) in [6, 6.07) is 30.8. The van der Waals surface area contributed by atoms with Crippen LogP contribution in [-0.2, 0) is 38.8 Å². The molecule has 4 aromatic carbocycles. The van der Waals surface area contributed by atoms with Crippen LogP contribution in [0, 0.1) is 0 Å². The third-order valence-electron chi connectivity index (χ3n) is 13.7. The van der Waals surface area contributed by atoms with Gasteiger partial charge < -0.3 is 0 Å². The quantitative estimate of drug-likeness (QED) is 0.169. The van der Waals surface area contributed by atoms with E-state index in [-0.39, 0.29) is 21.7 Å². The van der Waals surface area contributed by atoms with E-state index in [1.54, 1.807) is 11.1 Å². The molecule has 2 aliphatic carbocycles. The summed E-state index contributed by atoms with van der Waals surface area (Å²) >= 11 is -3.94. The normalized spacial score (nSPS) is 17.6. The predicted molar refractivity (Wildman–Crippen MR) is 241 cm³/mol. The van der Waals surface area contributed by atoms with Gasteiger partial charge in [0.1, 0.15) is 0 Å². The zero-order chi connectivity index (χ0) is 39.8. The summed E-state index contributed by atoms with van der Waals surface area (Å²) in [4.78, 5) is 0. The maximum atomic E-state index is 2.89. The molecule has 0 saturated heterocycles. The Bertz CT molecular complexity index is 2030. The van der Waals surface area contributed by atoms with Crippen molar-refractivity contribution in [3.63, 3.8) is 0 Å².